The molecule has 6 nitrogen and oxygen atoms in total. The van der Waals surface area contributed by atoms with E-state index in [0.29, 0.717) is 22.8 Å². The zero-order valence-electron chi connectivity index (χ0n) is 14.9. The molecule has 136 valence electrons. The molecular weight excluding hydrogens is 334 g/mol. The van der Waals surface area contributed by atoms with Crippen molar-refractivity contribution in [2.24, 2.45) is 0 Å². The molecule has 0 saturated heterocycles. The van der Waals surface area contributed by atoms with Crippen LogP contribution in [0.15, 0.2) is 52.9 Å². The minimum Gasteiger partial charge on any atom is -0.496 e. The Morgan fingerprint density at radius 2 is 1.77 bits per heavy atom. The average molecular weight is 355 g/mol. The molecule has 0 saturated carbocycles. The van der Waals surface area contributed by atoms with E-state index in [0.717, 1.165) is 5.39 Å². The first-order valence-corrected chi connectivity index (χ1v) is 8.17. The standard InChI is InChI=1S/C20H21NO5/c1-20(23,17-11-13-7-4-5-8-14(13)26-17)12-21-19(22)18-15(24-2)9-6-10-16(18)25-3/h4-11,23H,12H2,1-3H3,(H,21,22). The largest absolute Gasteiger partial charge is 0.496 e. The zero-order chi connectivity index (χ0) is 18.7. The van der Waals surface area contributed by atoms with Crippen molar-refractivity contribution in [1.29, 1.82) is 0 Å². The molecule has 0 aliphatic carbocycles. The lowest BCUT2D eigenvalue weighted by molar-refractivity contribution is 0.0343. The molecule has 6 heteroatoms. The van der Waals surface area contributed by atoms with Crippen LogP contribution in [0.3, 0.4) is 0 Å². The van der Waals surface area contributed by atoms with Gasteiger partial charge in [0.05, 0.1) is 20.8 Å². The first-order chi connectivity index (χ1) is 12.5. The van der Waals surface area contributed by atoms with Gasteiger partial charge in [0.25, 0.3) is 5.91 Å². The number of fused-ring (bicyclic) bond motifs is 1. The van der Waals surface area contributed by atoms with Gasteiger partial charge in [-0.15, -0.1) is 0 Å². The number of carbonyl (C=O) groups is 1. The summed E-state index contributed by atoms with van der Waals surface area (Å²) in [5.74, 6) is 0.761. The normalized spacial score (nSPS) is 13.2. The number of methoxy groups -OCH3 is 2. The fourth-order valence-corrected chi connectivity index (χ4v) is 2.75. The van der Waals surface area contributed by atoms with Crippen LogP contribution in [0.5, 0.6) is 11.5 Å². The Morgan fingerprint density at radius 3 is 2.38 bits per heavy atom. The van der Waals surface area contributed by atoms with Gasteiger partial charge in [-0.2, -0.15) is 0 Å². The van der Waals surface area contributed by atoms with Crippen molar-refractivity contribution < 1.29 is 23.8 Å². The lowest BCUT2D eigenvalue weighted by Gasteiger charge is -2.22. The van der Waals surface area contributed by atoms with E-state index < -0.39 is 11.5 Å². The van der Waals surface area contributed by atoms with Crippen molar-refractivity contribution in [1.82, 2.24) is 5.32 Å². The van der Waals surface area contributed by atoms with Crippen LogP contribution in [0.1, 0.15) is 23.0 Å². The first-order valence-electron chi connectivity index (χ1n) is 8.17. The molecule has 0 aliphatic heterocycles. The molecule has 0 aliphatic rings. The Hall–Kier alpha value is -2.99. The summed E-state index contributed by atoms with van der Waals surface area (Å²) in [6.07, 6.45) is 0. The van der Waals surface area contributed by atoms with Crippen molar-refractivity contribution in [2.45, 2.75) is 12.5 Å². The van der Waals surface area contributed by atoms with Gasteiger partial charge in [-0.25, -0.2) is 0 Å². The highest BCUT2D eigenvalue weighted by molar-refractivity contribution is 5.99. The molecule has 1 atom stereocenters. The zero-order valence-corrected chi connectivity index (χ0v) is 14.9. The van der Waals surface area contributed by atoms with E-state index in [1.54, 1.807) is 31.2 Å². The molecule has 26 heavy (non-hydrogen) atoms. The van der Waals surface area contributed by atoms with Crippen LogP contribution in [0.2, 0.25) is 0 Å². The van der Waals surface area contributed by atoms with E-state index >= 15 is 0 Å². The first kappa shape index (κ1) is 17.8. The highest BCUT2D eigenvalue weighted by atomic mass is 16.5. The average Bonchev–Trinajstić information content (AvgIpc) is 3.10. The number of nitrogens with one attached hydrogen (secondary N) is 1. The Bertz CT molecular complexity index is 874. The van der Waals surface area contributed by atoms with Crippen molar-refractivity contribution >= 4 is 16.9 Å². The number of amides is 1. The maximum absolute atomic E-state index is 12.6. The van der Waals surface area contributed by atoms with Gasteiger partial charge in [0.15, 0.2) is 0 Å². The van der Waals surface area contributed by atoms with Crippen molar-refractivity contribution in [3.05, 3.63) is 59.9 Å². The molecule has 0 bridgehead atoms. The summed E-state index contributed by atoms with van der Waals surface area (Å²) >= 11 is 0. The SMILES string of the molecule is COc1cccc(OC)c1C(=O)NCC(C)(O)c1cc2ccccc2o1. The number of para-hydroxylation sites is 1. The van der Waals surface area contributed by atoms with E-state index in [1.165, 1.54) is 14.2 Å². The van der Waals surface area contributed by atoms with Gasteiger partial charge < -0.3 is 24.3 Å². The van der Waals surface area contributed by atoms with Crippen LogP contribution in [-0.4, -0.2) is 31.8 Å². The second-order valence-corrected chi connectivity index (χ2v) is 6.14. The molecule has 1 amide bonds. The maximum atomic E-state index is 12.6. The predicted molar refractivity (Wildman–Crippen MR) is 97.7 cm³/mol. The Morgan fingerprint density at radius 1 is 1.12 bits per heavy atom. The molecule has 2 N–H and O–H groups in total. The lowest BCUT2D eigenvalue weighted by Crippen LogP contribution is -2.38. The molecule has 0 spiro atoms. The number of hydrogen-bond donors (Lipinski definition) is 2. The summed E-state index contributed by atoms with van der Waals surface area (Å²) in [6, 6.07) is 14.3. The highest BCUT2D eigenvalue weighted by Gasteiger charge is 2.29. The lowest BCUT2D eigenvalue weighted by atomic mass is 10.0. The van der Waals surface area contributed by atoms with Gasteiger partial charge in [0.1, 0.15) is 34.0 Å². The fourth-order valence-electron chi connectivity index (χ4n) is 2.75. The van der Waals surface area contributed by atoms with E-state index in [2.05, 4.69) is 5.32 Å². The summed E-state index contributed by atoms with van der Waals surface area (Å²) in [5.41, 5.74) is -0.414. The highest BCUT2D eigenvalue weighted by Crippen LogP contribution is 2.30. The topological polar surface area (TPSA) is 80.9 Å². The van der Waals surface area contributed by atoms with Gasteiger partial charge >= 0.3 is 0 Å². The minimum absolute atomic E-state index is 0.0349. The van der Waals surface area contributed by atoms with E-state index in [1.807, 2.05) is 24.3 Å². The number of aliphatic hydroxyl groups is 1. The number of furan rings is 1. The number of carbonyl (C=O) groups excluding carboxylic acids is 1. The number of hydrogen-bond acceptors (Lipinski definition) is 5. The van der Waals surface area contributed by atoms with E-state index in [-0.39, 0.29) is 12.1 Å². The van der Waals surface area contributed by atoms with Crippen LogP contribution in [0.4, 0.5) is 0 Å². The number of ether oxygens (including phenoxy) is 2. The predicted octanol–water partition coefficient (Wildman–Crippen LogP) is 3.09. The van der Waals surface area contributed by atoms with Gasteiger partial charge in [-0.05, 0) is 31.2 Å². The molecule has 1 heterocycles. The third kappa shape index (κ3) is 3.36. The third-order valence-corrected chi connectivity index (χ3v) is 4.20. The summed E-state index contributed by atoms with van der Waals surface area (Å²) in [4.78, 5) is 12.6. The maximum Gasteiger partial charge on any atom is 0.258 e. The quantitative estimate of drug-likeness (QED) is 0.710. The summed E-state index contributed by atoms with van der Waals surface area (Å²) < 4.78 is 16.2. The van der Waals surface area contributed by atoms with Gasteiger partial charge in [0, 0.05) is 5.39 Å². The van der Waals surface area contributed by atoms with Crippen molar-refractivity contribution in [3.63, 3.8) is 0 Å². The Kier molecular flexibility index (Phi) is 4.86. The summed E-state index contributed by atoms with van der Waals surface area (Å²) in [6.45, 7) is 1.55. The molecular formula is C20H21NO5. The molecule has 3 rings (SSSR count). The Balaban J connectivity index is 1.80. The van der Waals surface area contributed by atoms with Gasteiger partial charge in [-0.1, -0.05) is 24.3 Å². The molecule has 0 fully saturated rings. The van der Waals surface area contributed by atoms with Gasteiger partial charge in [-0.3, -0.25) is 4.79 Å². The molecule has 1 unspecified atom stereocenters. The number of benzene rings is 2. The smallest absolute Gasteiger partial charge is 0.258 e. The summed E-state index contributed by atoms with van der Waals surface area (Å²) in [7, 11) is 2.96. The minimum atomic E-state index is -1.37. The van der Waals surface area contributed by atoms with Crippen molar-refractivity contribution in [2.75, 3.05) is 20.8 Å². The third-order valence-electron chi connectivity index (χ3n) is 4.20. The Labute approximate surface area is 151 Å². The van der Waals surface area contributed by atoms with Crippen LogP contribution in [-0.2, 0) is 5.60 Å². The summed E-state index contributed by atoms with van der Waals surface area (Å²) in [5, 5.41) is 14.4. The molecule has 1 aromatic heterocycles. The fraction of sp³-hybridized carbons (Fsp3) is 0.250. The van der Waals surface area contributed by atoms with E-state index in [4.69, 9.17) is 13.9 Å². The second-order valence-electron chi connectivity index (χ2n) is 6.14. The van der Waals surface area contributed by atoms with E-state index in [9.17, 15) is 9.90 Å². The van der Waals surface area contributed by atoms with Crippen molar-refractivity contribution in [3.8, 4) is 11.5 Å². The molecule has 0 radical (unpaired) electrons. The molecule has 3 aromatic rings. The molecule has 2 aromatic carbocycles. The van der Waals surface area contributed by atoms with Crippen LogP contribution >= 0.6 is 0 Å². The second kappa shape index (κ2) is 7.09. The van der Waals surface area contributed by atoms with Crippen LogP contribution in [0, 0.1) is 0 Å². The van der Waals surface area contributed by atoms with Crippen LogP contribution < -0.4 is 14.8 Å². The van der Waals surface area contributed by atoms with Crippen LogP contribution in [0.25, 0.3) is 11.0 Å². The number of rotatable bonds is 6. The monoisotopic (exact) mass is 355 g/mol. The van der Waals surface area contributed by atoms with Gasteiger partial charge in [0.2, 0.25) is 0 Å².